The third kappa shape index (κ3) is 2.69. The molecule has 6 heteroatoms. The number of thiophene rings is 1. The maximum Gasteiger partial charge on any atom is 0.259 e. The summed E-state index contributed by atoms with van der Waals surface area (Å²) in [6, 6.07) is 7.86. The molecule has 0 radical (unpaired) electrons. The van der Waals surface area contributed by atoms with E-state index in [1.54, 1.807) is 29.3 Å². The van der Waals surface area contributed by atoms with Gasteiger partial charge in [-0.2, -0.15) is 4.98 Å². The van der Waals surface area contributed by atoms with Crippen LogP contribution in [0.25, 0.3) is 22.2 Å². The normalized spacial score (nSPS) is 10.8. The number of thioether (sulfide) groups is 1. The highest BCUT2D eigenvalue weighted by molar-refractivity contribution is 7.99. The van der Waals surface area contributed by atoms with E-state index in [0.29, 0.717) is 11.7 Å². The van der Waals surface area contributed by atoms with E-state index in [0.717, 1.165) is 21.2 Å². The van der Waals surface area contributed by atoms with Gasteiger partial charge < -0.3 is 4.52 Å². The molecular formula is C13H11N3OS2. The Balaban J connectivity index is 1.86. The molecule has 0 amide bonds. The van der Waals surface area contributed by atoms with Crippen molar-refractivity contribution in [2.75, 3.05) is 5.75 Å². The molecule has 0 saturated heterocycles. The van der Waals surface area contributed by atoms with Crippen LogP contribution < -0.4 is 0 Å². The summed E-state index contributed by atoms with van der Waals surface area (Å²) in [6.45, 7) is 2.10. The molecule has 0 saturated carbocycles. The molecule has 3 aromatic heterocycles. The fourth-order valence-corrected chi connectivity index (χ4v) is 2.82. The Bertz CT molecular complexity index is 647. The van der Waals surface area contributed by atoms with Crippen LogP contribution in [0, 0.1) is 0 Å². The highest BCUT2D eigenvalue weighted by Crippen LogP contribution is 2.25. The lowest BCUT2D eigenvalue weighted by Crippen LogP contribution is -1.83. The summed E-state index contributed by atoms with van der Waals surface area (Å²) in [5.74, 6) is 2.14. The summed E-state index contributed by atoms with van der Waals surface area (Å²) in [4.78, 5) is 9.74. The molecular weight excluding hydrogens is 278 g/mol. The molecule has 3 aromatic rings. The lowest BCUT2D eigenvalue weighted by atomic mass is 10.3. The molecule has 0 N–H and O–H groups in total. The van der Waals surface area contributed by atoms with Gasteiger partial charge in [-0.3, -0.25) is 0 Å². The topological polar surface area (TPSA) is 51.8 Å². The van der Waals surface area contributed by atoms with Gasteiger partial charge in [-0.25, -0.2) is 4.98 Å². The summed E-state index contributed by atoms with van der Waals surface area (Å²) >= 11 is 3.30. The van der Waals surface area contributed by atoms with Crippen LogP contribution in [0.5, 0.6) is 0 Å². The van der Waals surface area contributed by atoms with Crippen LogP contribution in [0.1, 0.15) is 6.92 Å². The van der Waals surface area contributed by atoms with Gasteiger partial charge in [0.15, 0.2) is 0 Å². The average Bonchev–Trinajstić information content (AvgIpc) is 3.11. The Kier molecular flexibility index (Phi) is 3.61. The summed E-state index contributed by atoms with van der Waals surface area (Å²) in [5.41, 5.74) is 0.843. The summed E-state index contributed by atoms with van der Waals surface area (Å²) < 4.78 is 5.27. The maximum absolute atomic E-state index is 5.27. The number of pyridine rings is 1. The van der Waals surface area contributed by atoms with Crippen LogP contribution in [0.3, 0.4) is 0 Å². The Labute approximate surface area is 118 Å². The minimum absolute atomic E-state index is 0.504. The molecule has 0 aliphatic heterocycles. The molecule has 3 heterocycles. The predicted octanol–water partition coefficient (Wildman–Crippen LogP) is 3.97. The Morgan fingerprint density at radius 2 is 2.26 bits per heavy atom. The Hall–Kier alpha value is -1.66. The zero-order chi connectivity index (χ0) is 13.1. The number of aromatic nitrogens is 3. The second kappa shape index (κ2) is 5.54. The van der Waals surface area contributed by atoms with E-state index in [4.69, 9.17) is 4.52 Å². The van der Waals surface area contributed by atoms with E-state index >= 15 is 0 Å². The average molecular weight is 289 g/mol. The van der Waals surface area contributed by atoms with Crippen LogP contribution in [-0.2, 0) is 0 Å². The van der Waals surface area contributed by atoms with Crippen molar-refractivity contribution in [2.45, 2.75) is 11.9 Å². The van der Waals surface area contributed by atoms with Crippen molar-refractivity contribution in [2.24, 2.45) is 0 Å². The SMILES string of the molecule is CCSc1ccc(-c2nc(-c3cccs3)no2)cn1. The van der Waals surface area contributed by atoms with E-state index in [-0.39, 0.29) is 0 Å². The molecule has 19 heavy (non-hydrogen) atoms. The Morgan fingerprint density at radius 3 is 2.95 bits per heavy atom. The van der Waals surface area contributed by atoms with Crippen molar-refractivity contribution in [3.05, 3.63) is 35.8 Å². The molecule has 0 unspecified atom stereocenters. The van der Waals surface area contributed by atoms with Crippen molar-refractivity contribution < 1.29 is 4.52 Å². The third-order valence-electron chi connectivity index (χ3n) is 2.44. The zero-order valence-corrected chi connectivity index (χ0v) is 11.9. The highest BCUT2D eigenvalue weighted by Gasteiger charge is 2.11. The maximum atomic E-state index is 5.27. The van der Waals surface area contributed by atoms with Gasteiger partial charge in [-0.1, -0.05) is 18.1 Å². The molecule has 0 aliphatic carbocycles. The van der Waals surface area contributed by atoms with Gasteiger partial charge in [0.25, 0.3) is 5.89 Å². The lowest BCUT2D eigenvalue weighted by Gasteiger charge is -1.97. The second-order valence-corrected chi connectivity index (χ2v) is 5.95. The van der Waals surface area contributed by atoms with E-state index in [1.165, 1.54) is 0 Å². The quantitative estimate of drug-likeness (QED) is 0.680. The summed E-state index contributed by atoms with van der Waals surface area (Å²) in [5, 5.41) is 6.98. The van der Waals surface area contributed by atoms with E-state index < -0.39 is 0 Å². The fourth-order valence-electron chi connectivity index (χ4n) is 1.59. The van der Waals surface area contributed by atoms with Crippen LogP contribution in [-0.4, -0.2) is 20.9 Å². The molecule has 0 fully saturated rings. The van der Waals surface area contributed by atoms with Gasteiger partial charge in [0.2, 0.25) is 5.82 Å². The van der Waals surface area contributed by atoms with E-state index in [1.807, 2.05) is 29.6 Å². The van der Waals surface area contributed by atoms with Crippen LogP contribution >= 0.6 is 23.1 Å². The summed E-state index contributed by atoms with van der Waals surface area (Å²) in [7, 11) is 0. The molecule has 0 atom stereocenters. The van der Waals surface area contributed by atoms with Crippen molar-refractivity contribution >= 4 is 23.1 Å². The van der Waals surface area contributed by atoms with Crippen LogP contribution in [0.2, 0.25) is 0 Å². The molecule has 0 spiro atoms. The van der Waals surface area contributed by atoms with Crippen molar-refractivity contribution in [1.82, 2.24) is 15.1 Å². The van der Waals surface area contributed by atoms with E-state index in [2.05, 4.69) is 22.0 Å². The molecule has 0 bridgehead atoms. The highest BCUT2D eigenvalue weighted by atomic mass is 32.2. The van der Waals surface area contributed by atoms with Gasteiger partial charge in [-0.15, -0.1) is 23.1 Å². The Morgan fingerprint density at radius 1 is 1.32 bits per heavy atom. The first kappa shape index (κ1) is 12.4. The number of hydrogen-bond donors (Lipinski definition) is 0. The first-order chi connectivity index (χ1) is 9.36. The molecule has 3 rings (SSSR count). The molecule has 0 aromatic carbocycles. The standard InChI is InChI=1S/C13H11N3OS2/c1-2-18-11-6-5-9(8-14-11)13-15-12(16-17-13)10-4-3-7-19-10/h3-8H,2H2,1H3. The van der Waals surface area contributed by atoms with Crippen LogP contribution in [0.15, 0.2) is 45.4 Å². The minimum atomic E-state index is 0.504. The van der Waals surface area contributed by atoms with Gasteiger partial charge in [-0.05, 0) is 29.3 Å². The summed E-state index contributed by atoms with van der Waals surface area (Å²) in [6.07, 6.45) is 1.77. The fraction of sp³-hybridized carbons (Fsp3) is 0.154. The monoisotopic (exact) mass is 289 g/mol. The molecule has 0 aliphatic rings. The van der Waals surface area contributed by atoms with Gasteiger partial charge >= 0.3 is 0 Å². The molecule has 96 valence electrons. The lowest BCUT2D eigenvalue weighted by molar-refractivity contribution is 0.432. The second-order valence-electron chi connectivity index (χ2n) is 3.72. The first-order valence-corrected chi connectivity index (χ1v) is 7.70. The minimum Gasteiger partial charge on any atom is -0.334 e. The molecule has 4 nitrogen and oxygen atoms in total. The number of nitrogens with zero attached hydrogens (tertiary/aromatic N) is 3. The predicted molar refractivity (Wildman–Crippen MR) is 77.2 cm³/mol. The van der Waals surface area contributed by atoms with Crippen molar-refractivity contribution in [1.29, 1.82) is 0 Å². The smallest absolute Gasteiger partial charge is 0.259 e. The van der Waals surface area contributed by atoms with Crippen molar-refractivity contribution in [3.8, 4) is 22.2 Å². The van der Waals surface area contributed by atoms with Crippen molar-refractivity contribution in [3.63, 3.8) is 0 Å². The number of rotatable bonds is 4. The largest absolute Gasteiger partial charge is 0.334 e. The third-order valence-corrected chi connectivity index (χ3v) is 4.13. The number of hydrogen-bond acceptors (Lipinski definition) is 6. The van der Waals surface area contributed by atoms with Gasteiger partial charge in [0.05, 0.1) is 15.5 Å². The van der Waals surface area contributed by atoms with Gasteiger partial charge in [0.1, 0.15) is 0 Å². The zero-order valence-electron chi connectivity index (χ0n) is 10.2. The van der Waals surface area contributed by atoms with E-state index in [9.17, 15) is 0 Å². The van der Waals surface area contributed by atoms with Gasteiger partial charge in [0, 0.05) is 6.20 Å². The first-order valence-electron chi connectivity index (χ1n) is 5.83. The van der Waals surface area contributed by atoms with Crippen LogP contribution in [0.4, 0.5) is 0 Å².